The number of thiophene rings is 1. The number of hydrogen-bond donors (Lipinski definition) is 1. The number of benzene rings is 1. The fraction of sp³-hybridized carbons (Fsp3) is 0.0769. The van der Waals surface area contributed by atoms with Crippen molar-refractivity contribution < 1.29 is 8.81 Å². The van der Waals surface area contributed by atoms with Crippen molar-refractivity contribution in [2.45, 2.75) is 6.04 Å². The molecule has 0 radical (unpaired) electrons. The Morgan fingerprint density at radius 1 is 1.21 bits per heavy atom. The Morgan fingerprint density at radius 3 is 2.68 bits per heavy atom. The van der Waals surface area contributed by atoms with Crippen LogP contribution in [0.4, 0.5) is 4.39 Å². The molecular formula is C13H8Br2FNOS. The van der Waals surface area contributed by atoms with Crippen LogP contribution >= 0.6 is 43.2 Å². The summed E-state index contributed by atoms with van der Waals surface area (Å²) in [4.78, 5) is 0. The van der Waals surface area contributed by atoms with E-state index in [0.717, 1.165) is 18.5 Å². The molecule has 0 saturated heterocycles. The van der Waals surface area contributed by atoms with E-state index in [9.17, 15) is 4.39 Å². The van der Waals surface area contributed by atoms with Crippen LogP contribution in [-0.4, -0.2) is 0 Å². The third-order valence-corrected chi connectivity index (χ3v) is 5.21. The van der Waals surface area contributed by atoms with E-state index < -0.39 is 0 Å². The van der Waals surface area contributed by atoms with Crippen LogP contribution in [0.15, 0.2) is 42.3 Å². The zero-order valence-corrected chi connectivity index (χ0v) is 13.5. The molecule has 6 heteroatoms. The van der Waals surface area contributed by atoms with Gasteiger partial charge in [0.05, 0.1) is 13.6 Å². The molecule has 1 unspecified atom stereocenters. The third-order valence-electron chi connectivity index (χ3n) is 2.82. The van der Waals surface area contributed by atoms with Crippen LogP contribution in [0.3, 0.4) is 0 Å². The molecule has 3 rings (SSSR count). The SMILES string of the molecule is NC(c1cc2cc(F)ccc2o1)c1cc(Br)sc1Br. The van der Waals surface area contributed by atoms with Crippen molar-refractivity contribution in [1.29, 1.82) is 0 Å². The second kappa shape index (κ2) is 5.01. The number of hydrogen-bond acceptors (Lipinski definition) is 3. The summed E-state index contributed by atoms with van der Waals surface area (Å²) in [5.41, 5.74) is 7.78. The summed E-state index contributed by atoms with van der Waals surface area (Å²) in [6.07, 6.45) is 0. The van der Waals surface area contributed by atoms with Gasteiger partial charge in [0.2, 0.25) is 0 Å². The van der Waals surface area contributed by atoms with Gasteiger partial charge in [-0.2, -0.15) is 0 Å². The number of rotatable bonds is 2. The molecule has 2 heterocycles. The van der Waals surface area contributed by atoms with E-state index in [4.69, 9.17) is 10.2 Å². The first kappa shape index (κ1) is 13.3. The van der Waals surface area contributed by atoms with Crippen molar-refractivity contribution in [2.24, 2.45) is 5.73 Å². The van der Waals surface area contributed by atoms with Crippen LogP contribution in [0.5, 0.6) is 0 Å². The first-order valence-electron chi connectivity index (χ1n) is 5.44. The van der Waals surface area contributed by atoms with Gasteiger partial charge in [-0.05, 0) is 62.2 Å². The molecule has 2 nitrogen and oxygen atoms in total. The lowest BCUT2D eigenvalue weighted by atomic mass is 10.1. The van der Waals surface area contributed by atoms with Gasteiger partial charge in [0.15, 0.2) is 0 Å². The molecular weight excluding hydrogens is 397 g/mol. The largest absolute Gasteiger partial charge is 0.459 e. The monoisotopic (exact) mass is 403 g/mol. The quantitative estimate of drug-likeness (QED) is 0.636. The van der Waals surface area contributed by atoms with Gasteiger partial charge in [-0.25, -0.2) is 4.39 Å². The Hall–Kier alpha value is -0.690. The van der Waals surface area contributed by atoms with Gasteiger partial charge >= 0.3 is 0 Å². The van der Waals surface area contributed by atoms with Crippen LogP contribution in [0, 0.1) is 5.82 Å². The number of nitrogens with two attached hydrogens (primary N) is 1. The molecule has 0 spiro atoms. The molecule has 3 aromatic rings. The van der Waals surface area contributed by atoms with E-state index in [1.165, 1.54) is 12.1 Å². The van der Waals surface area contributed by atoms with Crippen LogP contribution in [-0.2, 0) is 0 Å². The zero-order chi connectivity index (χ0) is 13.6. The highest BCUT2D eigenvalue weighted by Crippen LogP contribution is 2.38. The van der Waals surface area contributed by atoms with E-state index in [2.05, 4.69) is 31.9 Å². The molecule has 0 bridgehead atoms. The van der Waals surface area contributed by atoms with Gasteiger partial charge in [-0.1, -0.05) is 0 Å². The second-order valence-corrected chi connectivity index (χ2v) is 7.84. The van der Waals surface area contributed by atoms with Crippen LogP contribution < -0.4 is 5.73 Å². The predicted molar refractivity (Wildman–Crippen MR) is 81.9 cm³/mol. The molecule has 1 aromatic carbocycles. The van der Waals surface area contributed by atoms with Crippen molar-refractivity contribution in [2.75, 3.05) is 0 Å². The average Bonchev–Trinajstić information content (AvgIpc) is 2.91. The minimum absolute atomic E-state index is 0.284. The molecule has 0 fully saturated rings. The fourth-order valence-electron chi connectivity index (χ4n) is 1.91. The number of halogens is 3. The van der Waals surface area contributed by atoms with Crippen LogP contribution in [0.25, 0.3) is 11.0 Å². The molecule has 0 aliphatic rings. The van der Waals surface area contributed by atoms with Gasteiger partial charge < -0.3 is 10.2 Å². The lowest BCUT2D eigenvalue weighted by molar-refractivity contribution is 0.524. The first-order chi connectivity index (χ1) is 9.04. The summed E-state index contributed by atoms with van der Waals surface area (Å²) in [6, 6.07) is 7.77. The Kier molecular flexibility index (Phi) is 3.51. The van der Waals surface area contributed by atoms with E-state index >= 15 is 0 Å². The van der Waals surface area contributed by atoms with E-state index in [-0.39, 0.29) is 11.9 Å². The molecule has 0 amide bonds. The third kappa shape index (κ3) is 2.50. The number of furan rings is 1. The van der Waals surface area contributed by atoms with Gasteiger partial charge in [0.25, 0.3) is 0 Å². The highest BCUT2D eigenvalue weighted by atomic mass is 79.9. The second-order valence-electron chi connectivity index (χ2n) is 4.09. The molecule has 19 heavy (non-hydrogen) atoms. The van der Waals surface area contributed by atoms with E-state index in [1.54, 1.807) is 23.5 Å². The van der Waals surface area contributed by atoms with Gasteiger partial charge in [0, 0.05) is 10.9 Å². The Labute approximate surface area is 129 Å². The highest BCUT2D eigenvalue weighted by Gasteiger charge is 2.19. The minimum atomic E-state index is -0.382. The van der Waals surface area contributed by atoms with Crippen molar-refractivity contribution in [3.63, 3.8) is 0 Å². The summed E-state index contributed by atoms with van der Waals surface area (Å²) >= 11 is 8.45. The Balaban J connectivity index is 2.06. The highest BCUT2D eigenvalue weighted by molar-refractivity contribution is 9.12. The minimum Gasteiger partial charge on any atom is -0.459 e. The lowest BCUT2D eigenvalue weighted by Crippen LogP contribution is -2.10. The van der Waals surface area contributed by atoms with Crippen molar-refractivity contribution in [3.05, 3.63) is 55.0 Å². The maximum atomic E-state index is 13.2. The van der Waals surface area contributed by atoms with Crippen molar-refractivity contribution in [1.82, 2.24) is 0 Å². The molecule has 2 N–H and O–H groups in total. The van der Waals surface area contributed by atoms with Crippen LogP contribution in [0.2, 0.25) is 0 Å². The van der Waals surface area contributed by atoms with Crippen molar-refractivity contribution in [3.8, 4) is 0 Å². The topological polar surface area (TPSA) is 39.2 Å². The standard InChI is InChI=1S/C13H8Br2FNOS/c14-11-5-8(13(15)19-11)12(17)10-4-6-3-7(16)1-2-9(6)18-10/h1-5,12H,17H2. The van der Waals surface area contributed by atoms with E-state index in [1.807, 2.05) is 6.07 Å². The first-order valence-corrected chi connectivity index (χ1v) is 7.84. The summed E-state index contributed by atoms with van der Waals surface area (Å²) in [6.45, 7) is 0. The molecule has 0 aliphatic carbocycles. The molecule has 2 aromatic heterocycles. The molecule has 0 saturated carbocycles. The average molecular weight is 405 g/mol. The van der Waals surface area contributed by atoms with Gasteiger partial charge in [0.1, 0.15) is 17.2 Å². The number of fused-ring (bicyclic) bond motifs is 1. The summed E-state index contributed by atoms with van der Waals surface area (Å²) in [5, 5.41) is 0.718. The summed E-state index contributed by atoms with van der Waals surface area (Å²) < 4.78 is 20.8. The lowest BCUT2D eigenvalue weighted by Gasteiger charge is -2.06. The normalized spacial score (nSPS) is 13.1. The fourth-order valence-corrected chi connectivity index (χ4v) is 4.84. The maximum Gasteiger partial charge on any atom is 0.134 e. The molecule has 1 atom stereocenters. The maximum absolute atomic E-state index is 13.2. The summed E-state index contributed by atoms with van der Waals surface area (Å²) in [5.74, 6) is 0.333. The Bertz CT molecular complexity index is 752. The van der Waals surface area contributed by atoms with Gasteiger partial charge in [-0.15, -0.1) is 11.3 Å². The summed E-state index contributed by atoms with van der Waals surface area (Å²) in [7, 11) is 0. The van der Waals surface area contributed by atoms with Gasteiger partial charge in [-0.3, -0.25) is 0 Å². The molecule has 0 aliphatic heterocycles. The Morgan fingerprint density at radius 2 is 2.00 bits per heavy atom. The van der Waals surface area contributed by atoms with Crippen molar-refractivity contribution >= 4 is 54.2 Å². The van der Waals surface area contributed by atoms with E-state index in [0.29, 0.717) is 11.3 Å². The predicted octanol–water partition coefficient (Wildman–Crippen LogP) is 5.21. The zero-order valence-electron chi connectivity index (χ0n) is 9.49. The smallest absolute Gasteiger partial charge is 0.134 e. The molecule has 98 valence electrons. The van der Waals surface area contributed by atoms with Crippen LogP contribution in [0.1, 0.15) is 17.4 Å².